The summed E-state index contributed by atoms with van der Waals surface area (Å²) in [5, 5.41) is 0. The van der Waals surface area contributed by atoms with E-state index in [1.807, 2.05) is 12.1 Å². The highest BCUT2D eigenvalue weighted by Crippen LogP contribution is 2.77. The van der Waals surface area contributed by atoms with Crippen LogP contribution in [0.3, 0.4) is 0 Å². The Morgan fingerprint density at radius 2 is 1.61 bits per heavy atom. The van der Waals surface area contributed by atoms with Gasteiger partial charge in [-0.1, -0.05) is 65.0 Å². The fourth-order valence-electron chi connectivity index (χ4n) is 12.4. The van der Waals surface area contributed by atoms with Gasteiger partial charge in [0.25, 0.3) is 0 Å². The molecule has 1 aromatic rings. The molecule has 0 N–H and O–H groups in total. The summed E-state index contributed by atoms with van der Waals surface area (Å²) < 4.78 is 4.93. The molecule has 4 saturated carbocycles. The quantitative estimate of drug-likeness (QED) is 0.211. The summed E-state index contributed by atoms with van der Waals surface area (Å²) in [7, 11) is 1.44. The summed E-state index contributed by atoms with van der Waals surface area (Å²) in [6.45, 7) is 19.5. The highest BCUT2D eigenvalue weighted by atomic mass is 16.5. The zero-order valence-corrected chi connectivity index (χ0v) is 26.6. The minimum atomic E-state index is -0.281. The third kappa shape index (κ3) is 3.75. The molecule has 1 aromatic carbocycles. The van der Waals surface area contributed by atoms with Crippen LogP contribution in [0.4, 0.5) is 0 Å². The van der Waals surface area contributed by atoms with Gasteiger partial charge in [0.1, 0.15) is 6.29 Å². The van der Waals surface area contributed by atoms with Crippen LogP contribution < -0.4 is 0 Å². The van der Waals surface area contributed by atoms with E-state index in [-0.39, 0.29) is 33.0 Å². The summed E-state index contributed by atoms with van der Waals surface area (Å²) in [5.74, 6) is 2.60. The molecule has 3 heteroatoms. The van der Waals surface area contributed by atoms with Crippen molar-refractivity contribution >= 4 is 17.8 Å². The van der Waals surface area contributed by atoms with E-state index in [1.165, 1.54) is 62.2 Å². The lowest BCUT2D eigenvalue weighted by Gasteiger charge is -2.72. The number of benzene rings is 1. The normalized spacial score (nSPS) is 44.4. The second-order valence-electron chi connectivity index (χ2n) is 16.1. The number of carbonyl (C=O) groups excluding carboxylic acids is 2. The SMILES string of the molecule is C=C(C)C1CCC2(C=O)CCC3(C)C(CCC4C5(C)CC=C(c6ccc(C(=O)OC)cc6)C(C)(C)C5CCC43C)C12. The second-order valence-corrected chi connectivity index (χ2v) is 16.1. The lowest BCUT2D eigenvalue weighted by atomic mass is 9.32. The van der Waals surface area contributed by atoms with E-state index in [0.29, 0.717) is 35.2 Å². The van der Waals surface area contributed by atoms with Crippen LogP contribution in [0.2, 0.25) is 0 Å². The zero-order valence-electron chi connectivity index (χ0n) is 26.6. The van der Waals surface area contributed by atoms with Gasteiger partial charge in [0.2, 0.25) is 0 Å². The highest BCUT2D eigenvalue weighted by Gasteiger charge is 2.70. The molecule has 3 nitrogen and oxygen atoms in total. The van der Waals surface area contributed by atoms with E-state index in [4.69, 9.17) is 4.74 Å². The Morgan fingerprint density at radius 1 is 0.902 bits per heavy atom. The van der Waals surface area contributed by atoms with Crippen molar-refractivity contribution in [3.05, 3.63) is 53.6 Å². The summed E-state index contributed by atoms with van der Waals surface area (Å²) in [5.41, 5.74) is 5.30. The number of allylic oxidation sites excluding steroid dienone is 3. The average molecular weight is 557 g/mol. The fourth-order valence-corrected chi connectivity index (χ4v) is 12.4. The zero-order chi connectivity index (χ0) is 29.6. The molecule has 4 fully saturated rings. The molecule has 5 aliphatic rings. The Hall–Kier alpha value is -2.16. The van der Waals surface area contributed by atoms with Crippen LogP contribution in [0.25, 0.3) is 5.57 Å². The Balaban J connectivity index is 1.35. The molecule has 0 aromatic heterocycles. The number of aldehydes is 1. The number of hydrogen-bond acceptors (Lipinski definition) is 3. The van der Waals surface area contributed by atoms with Crippen LogP contribution in [-0.4, -0.2) is 19.4 Å². The molecule has 222 valence electrons. The molecule has 0 spiro atoms. The molecule has 0 saturated heterocycles. The number of fused-ring (bicyclic) bond motifs is 7. The van der Waals surface area contributed by atoms with Crippen LogP contribution in [0.15, 0.2) is 42.5 Å². The lowest BCUT2D eigenvalue weighted by molar-refractivity contribution is -0.223. The predicted molar refractivity (Wildman–Crippen MR) is 166 cm³/mol. The Bertz CT molecular complexity index is 1290. The molecule has 6 rings (SSSR count). The van der Waals surface area contributed by atoms with Gasteiger partial charge in [-0.05, 0) is 139 Å². The monoisotopic (exact) mass is 556 g/mol. The molecule has 0 aliphatic heterocycles. The molecular formula is C38H52O3. The number of ether oxygens (including phenoxy) is 1. The summed E-state index contributed by atoms with van der Waals surface area (Å²) in [6.07, 6.45) is 14.6. The van der Waals surface area contributed by atoms with Gasteiger partial charge >= 0.3 is 5.97 Å². The smallest absolute Gasteiger partial charge is 0.337 e. The highest BCUT2D eigenvalue weighted by molar-refractivity contribution is 5.90. The van der Waals surface area contributed by atoms with E-state index in [1.54, 1.807) is 0 Å². The van der Waals surface area contributed by atoms with Crippen molar-refractivity contribution in [1.82, 2.24) is 0 Å². The summed E-state index contributed by atoms with van der Waals surface area (Å²) in [6, 6.07) is 8.05. The number of methoxy groups -OCH3 is 1. The van der Waals surface area contributed by atoms with E-state index in [0.717, 1.165) is 25.7 Å². The first kappa shape index (κ1) is 28.9. The standard InChI is InChI=1S/C38H52O3/c1-24(2)27-15-20-38(23-39)22-21-36(6)29(32(27)38)13-14-31-35(5)18-16-28(25-9-11-26(12-10-25)33(40)41-8)34(3,4)30(35)17-19-37(31,36)7/h9-12,16,23,27,29-32H,1,13-15,17-22H2,2-8H3. The van der Waals surface area contributed by atoms with Crippen molar-refractivity contribution in [2.24, 2.45) is 56.7 Å². The van der Waals surface area contributed by atoms with Crippen molar-refractivity contribution in [2.75, 3.05) is 7.11 Å². The third-order valence-corrected chi connectivity index (χ3v) is 14.6. The first-order chi connectivity index (χ1) is 19.3. The molecule has 9 atom stereocenters. The Morgan fingerprint density at radius 3 is 2.24 bits per heavy atom. The van der Waals surface area contributed by atoms with E-state index < -0.39 is 0 Å². The first-order valence-electron chi connectivity index (χ1n) is 16.3. The van der Waals surface area contributed by atoms with E-state index in [2.05, 4.69) is 66.3 Å². The number of hydrogen-bond donors (Lipinski definition) is 0. The van der Waals surface area contributed by atoms with Crippen molar-refractivity contribution < 1.29 is 14.3 Å². The lowest BCUT2D eigenvalue weighted by Crippen LogP contribution is -2.65. The molecule has 0 bridgehead atoms. The van der Waals surface area contributed by atoms with Crippen molar-refractivity contribution in [1.29, 1.82) is 0 Å². The number of carbonyl (C=O) groups is 2. The minimum absolute atomic E-state index is 0.0502. The van der Waals surface area contributed by atoms with Gasteiger partial charge in [0, 0.05) is 5.41 Å². The Labute approximate surface area is 248 Å². The number of esters is 1. The second kappa shape index (κ2) is 9.42. The van der Waals surface area contributed by atoms with Gasteiger partial charge in [0.15, 0.2) is 0 Å². The molecular weight excluding hydrogens is 504 g/mol. The van der Waals surface area contributed by atoms with Gasteiger partial charge in [-0.25, -0.2) is 4.79 Å². The molecule has 0 radical (unpaired) electrons. The average Bonchev–Trinajstić information content (AvgIpc) is 3.33. The van der Waals surface area contributed by atoms with Gasteiger partial charge in [0.05, 0.1) is 12.7 Å². The summed E-state index contributed by atoms with van der Waals surface area (Å²) >= 11 is 0. The van der Waals surface area contributed by atoms with Crippen molar-refractivity contribution in [3.8, 4) is 0 Å². The number of rotatable bonds is 4. The van der Waals surface area contributed by atoms with Gasteiger partial charge in [-0.2, -0.15) is 0 Å². The topological polar surface area (TPSA) is 43.4 Å². The van der Waals surface area contributed by atoms with Gasteiger partial charge in [-0.3, -0.25) is 0 Å². The van der Waals surface area contributed by atoms with Gasteiger partial charge < -0.3 is 9.53 Å². The van der Waals surface area contributed by atoms with Crippen LogP contribution in [0, 0.1) is 56.7 Å². The minimum Gasteiger partial charge on any atom is -0.465 e. The largest absolute Gasteiger partial charge is 0.465 e. The maximum absolute atomic E-state index is 12.7. The molecule has 0 heterocycles. The maximum Gasteiger partial charge on any atom is 0.337 e. The van der Waals surface area contributed by atoms with Gasteiger partial charge in [-0.15, -0.1) is 0 Å². The summed E-state index contributed by atoms with van der Waals surface area (Å²) in [4.78, 5) is 24.8. The van der Waals surface area contributed by atoms with E-state index in [9.17, 15) is 9.59 Å². The predicted octanol–water partition coefficient (Wildman–Crippen LogP) is 9.32. The fraction of sp³-hybridized carbons (Fsp3) is 0.684. The first-order valence-corrected chi connectivity index (χ1v) is 16.3. The molecule has 5 aliphatic carbocycles. The van der Waals surface area contributed by atoms with Crippen LogP contribution in [0.1, 0.15) is 115 Å². The molecule has 9 unspecified atom stereocenters. The van der Waals surface area contributed by atoms with Crippen LogP contribution >= 0.6 is 0 Å². The molecule has 0 amide bonds. The van der Waals surface area contributed by atoms with Crippen LogP contribution in [-0.2, 0) is 9.53 Å². The molecule has 41 heavy (non-hydrogen) atoms. The maximum atomic E-state index is 12.7. The van der Waals surface area contributed by atoms with Crippen LogP contribution in [0.5, 0.6) is 0 Å². The van der Waals surface area contributed by atoms with Crippen molar-refractivity contribution in [2.45, 2.75) is 99.3 Å². The van der Waals surface area contributed by atoms with Crippen molar-refractivity contribution in [3.63, 3.8) is 0 Å². The Kier molecular flexibility index (Phi) is 6.65. The van der Waals surface area contributed by atoms with E-state index >= 15 is 0 Å². The third-order valence-electron chi connectivity index (χ3n) is 14.6.